The number of carbonyl (C=O) groups excluding carboxylic acids is 1. The van der Waals surface area contributed by atoms with Gasteiger partial charge in [0.05, 0.1) is 18.4 Å². The largest absolute Gasteiger partial charge is 0.494 e. The molecule has 3 saturated heterocycles. The molecule has 2 bridgehead atoms. The van der Waals surface area contributed by atoms with Crippen LogP contribution in [-0.4, -0.2) is 48.2 Å². The number of carbonyl (C=O) groups is 1. The van der Waals surface area contributed by atoms with Crippen LogP contribution < -0.4 is 15.6 Å². The summed E-state index contributed by atoms with van der Waals surface area (Å²) in [6.07, 6.45) is 3.67. The number of nitrogens with zero attached hydrogens (tertiary/aromatic N) is 2. The predicted octanol–water partition coefficient (Wildman–Crippen LogP) is 1.81. The quantitative estimate of drug-likeness (QED) is 0.890. The van der Waals surface area contributed by atoms with Crippen LogP contribution in [0.5, 0.6) is 5.75 Å². The second-order valence-electron chi connectivity index (χ2n) is 7.16. The van der Waals surface area contributed by atoms with Gasteiger partial charge in [-0.2, -0.15) is 0 Å². The summed E-state index contributed by atoms with van der Waals surface area (Å²) in [7, 11) is 1.38. The highest BCUT2D eigenvalue weighted by atomic mass is 19.1. The van der Waals surface area contributed by atoms with Crippen LogP contribution in [0.1, 0.15) is 23.2 Å². The van der Waals surface area contributed by atoms with Crippen molar-refractivity contribution in [3.8, 4) is 11.4 Å². The average molecular weight is 371 g/mol. The zero-order valence-electron chi connectivity index (χ0n) is 15.2. The van der Waals surface area contributed by atoms with Crippen molar-refractivity contribution in [1.29, 1.82) is 0 Å². The Morgan fingerprint density at radius 2 is 2.00 bits per heavy atom. The van der Waals surface area contributed by atoms with Crippen LogP contribution in [0.2, 0.25) is 0 Å². The van der Waals surface area contributed by atoms with E-state index >= 15 is 0 Å². The summed E-state index contributed by atoms with van der Waals surface area (Å²) < 4.78 is 20.2. The van der Waals surface area contributed by atoms with Gasteiger partial charge in [-0.25, -0.2) is 4.39 Å². The Bertz CT molecular complexity index is 919. The monoisotopic (exact) mass is 371 g/mol. The highest BCUT2D eigenvalue weighted by molar-refractivity contribution is 5.94. The second kappa shape index (κ2) is 7.15. The van der Waals surface area contributed by atoms with Crippen molar-refractivity contribution in [1.82, 2.24) is 14.8 Å². The first-order valence-electron chi connectivity index (χ1n) is 9.15. The zero-order chi connectivity index (χ0) is 19.0. The molecule has 27 heavy (non-hydrogen) atoms. The van der Waals surface area contributed by atoms with Gasteiger partial charge < -0.3 is 15.0 Å². The van der Waals surface area contributed by atoms with Crippen molar-refractivity contribution in [3.05, 3.63) is 58.3 Å². The minimum Gasteiger partial charge on any atom is -0.494 e. The number of nitrogens with one attached hydrogen (secondary N) is 1. The van der Waals surface area contributed by atoms with Crippen molar-refractivity contribution >= 4 is 5.91 Å². The van der Waals surface area contributed by atoms with Gasteiger partial charge in [-0.1, -0.05) is 0 Å². The van der Waals surface area contributed by atoms with E-state index in [-0.39, 0.29) is 23.3 Å². The van der Waals surface area contributed by atoms with E-state index in [1.807, 2.05) is 0 Å². The van der Waals surface area contributed by atoms with Gasteiger partial charge in [-0.15, -0.1) is 0 Å². The first kappa shape index (κ1) is 17.7. The summed E-state index contributed by atoms with van der Waals surface area (Å²) in [4.78, 5) is 27.3. The molecule has 2 aromatic rings. The lowest BCUT2D eigenvalue weighted by atomic mass is 9.84. The predicted molar refractivity (Wildman–Crippen MR) is 99.0 cm³/mol. The number of hydrogen-bond acceptors (Lipinski definition) is 4. The lowest BCUT2D eigenvalue weighted by molar-refractivity contribution is 0.0620. The molecule has 3 aliphatic heterocycles. The fraction of sp³-hybridized carbons (Fsp3) is 0.400. The molecule has 5 rings (SSSR count). The van der Waals surface area contributed by atoms with Gasteiger partial charge >= 0.3 is 0 Å². The number of rotatable bonds is 4. The molecule has 142 valence electrons. The molecule has 1 atom stereocenters. The van der Waals surface area contributed by atoms with E-state index in [4.69, 9.17) is 4.74 Å². The van der Waals surface area contributed by atoms with Crippen molar-refractivity contribution in [2.24, 2.45) is 5.92 Å². The van der Waals surface area contributed by atoms with E-state index in [1.165, 1.54) is 42.1 Å². The number of piperidine rings is 3. The number of halogens is 1. The Hall–Kier alpha value is -2.67. The van der Waals surface area contributed by atoms with Gasteiger partial charge in [0.25, 0.3) is 11.5 Å². The van der Waals surface area contributed by atoms with Gasteiger partial charge in [0, 0.05) is 30.9 Å². The van der Waals surface area contributed by atoms with Crippen LogP contribution in [0.25, 0.3) is 5.69 Å². The number of methoxy groups -OCH3 is 1. The maximum Gasteiger partial charge on any atom is 0.255 e. The van der Waals surface area contributed by atoms with E-state index in [9.17, 15) is 14.0 Å². The van der Waals surface area contributed by atoms with E-state index in [2.05, 4.69) is 10.2 Å². The summed E-state index contributed by atoms with van der Waals surface area (Å²) in [5, 5.41) is 3.10. The number of amides is 1. The fourth-order valence-electron chi connectivity index (χ4n) is 4.01. The molecule has 1 aromatic heterocycles. The number of pyridine rings is 1. The fourth-order valence-corrected chi connectivity index (χ4v) is 4.01. The molecule has 3 fully saturated rings. The minimum absolute atomic E-state index is 0.100. The highest BCUT2D eigenvalue weighted by Gasteiger charge is 2.35. The molecule has 1 N–H and O–H groups in total. The zero-order valence-corrected chi connectivity index (χ0v) is 15.2. The number of ether oxygens (including phenoxy) is 1. The van der Waals surface area contributed by atoms with Gasteiger partial charge in [-0.3, -0.25) is 14.2 Å². The maximum absolute atomic E-state index is 14.0. The molecule has 3 aliphatic rings. The molecule has 1 aromatic carbocycles. The summed E-state index contributed by atoms with van der Waals surface area (Å²) in [5.74, 6) is -0.163. The van der Waals surface area contributed by atoms with Crippen molar-refractivity contribution in [2.45, 2.75) is 18.9 Å². The molecule has 1 unspecified atom stereocenters. The van der Waals surface area contributed by atoms with Crippen LogP contribution in [0.4, 0.5) is 4.39 Å². The van der Waals surface area contributed by atoms with E-state index in [0.717, 1.165) is 32.5 Å². The highest BCUT2D eigenvalue weighted by Crippen LogP contribution is 2.27. The van der Waals surface area contributed by atoms with Crippen molar-refractivity contribution in [2.75, 3.05) is 26.7 Å². The molecule has 0 aliphatic carbocycles. The average Bonchev–Trinajstić information content (AvgIpc) is 2.69. The smallest absolute Gasteiger partial charge is 0.255 e. The molecule has 0 radical (unpaired) electrons. The normalized spacial score (nSPS) is 23.9. The number of aromatic nitrogens is 1. The van der Waals surface area contributed by atoms with Crippen LogP contribution in [0.15, 0.2) is 41.3 Å². The molecular weight excluding hydrogens is 349 g/mol. The topological polar surface area (TPSA) is 63.6 Å². The van der Waals surface area contributed by atoms with Crippen LogP contribution in [-0.2, 0) is 0 Å². The molecular formula is C20H22FN3O3. The van der Waals surface area contributed by atoms with Crippen LogP contribution in [0, 0.1) is 11.7 Å². The molecule has 7 heteroatoms. The number of hydrogen-bond donors (Lipinski definition) is 1. The Morgan fingerprint density at radius 1 is 1.22 bits per heavy atom. The van der Waals surface area contributed by atoms with Crippen molar-refractivity contribution in [3.63, 3.8) is 0 Å². The number of benzene rings is 1. The van der Waals surface area contributed by atoms with Crippen molar-refractivity contribution < 1.29 is 13.9 Å². The third-order valence-corrected chi connectivity index (χ3v) is 5.56. The molecule has 0 saturated carbocycles. The second-order valence-corrected chi connectivity index (χ2v) is 7.16. The Balaban J connectivity index is 1.57. The number of fused-ring (bicyclic) bond motifs is 3. The first-order chi connectivity index (χ1) is 13.0. The Morgan fingerprint density at radius 3 is 2.63 bits per heavy atom. The minimum atomic E-state index is -0.566. The van der Waals surface area contributed by atoms with E-state index in [0.29, 0.717) is 17.2 Å². The SMILES string of the molecule is COc1ccc(-n2cc(C(=O)NC3CN4CCC3CC4)ccc2=O)cc1F. The molecule has 0 spiro atoms. The Labute approximate surface area is 156 Å². The van der Waals surface area contributed by atoms with Gasteiger partial charge in [-0.05, 0) is 50.0 Å². The summed E-state index contributed by atoms with van der Waals surface area (Å²) >= 11 is 0. The van der Waals surface area contributed by atoms with Gasteiger partial charge in [0.2, 0.25) is 0 Å². The van der Waals surface area contributed by atoms with Gasteiger partial charge in [0.15, 0.2) is 11.6 Å². The van der Waals surface area contributed by atoms with Crippen LogP contribution in [0.3, 0.4) is 0 Å². The molecule has 1 amide bonds. The van der Waals surface area contributed by atoms with Crippen LogP contribution >= 0.6 is 0 Å². The molecule has 6 nitrogen and oxygen atoms in total. The standard InChI is InChI=1S/C20H22FN3O3/c1-27-18-4-3-15(10-16(18)21)24-11-14(2-5-19(24)25)20(26)22-17-12-23-8-6-13(17)7-9-23/h2-5,10-11,13,17H,6-9,12H2,1H3,(H,22,26). The Kier molecular flexibility index (Phi) is 4.70. The molecule has 4 heterocycles. The van der Waals surface area contributed by atoms with E-state index in [1.54, 1.807) is 6.07 Å². The lowest BCUT2D eigenvalue weighted by Crippen LogP contribution is -2.57. The first-order valence-corrected chi connectivity index (χ1v) is 9.15. The third-order valence-electron chi connectivity index (χ3n) is 5.56. The van der Waals surface area contributed by atoms with E-state index < -0.39 is 5.82 Å². The summed E-state index contributed by atoms with van der Waals surface area (Å²) in [5.41, 5.74) is 0.386. The maximum atomic E-state index is 14.0. The third kappa shape index (κ3) is 3.47. The summed E-state index contributed by atoms with van der Waals surface area (Å²) in [6, 6.07) is 7.23. The lowest BCUT2D eigenvalue weighted by Gasteiger charge is -2.44. The summed E-state index contributed by atoms with van der Waals surface area (Å²) in [6.45, 7) is 3.08. The van der Waals surface area contributed by atoms with Gasteiger partial charge in [0.1, 0.15) is 0 Å².